The van der Waals surface area contributed by atoms with Crippen LogP contribution in [0.2, 0.25) is 0 Å². The van der Waals surface area contributed by atoms with E-state index in [1.54, 1.807) is 12.7 Å². The number of benzene rings is 2. The smallest absolute Gasteiger partial charge is 0.115 e. The van der Waals surface area contributed by atoms with Gasteiger partial charge in [-0.1, -0.05) is 37.3 Å². The highest BCUT2D eigenvalue weighted by Gasteiger charge is 2.14. The summed E-state index contributed by atoms with van der Waals surface area (Å²) in [6.45, 7) is 2.18. The van der Waals surface area contributed by atoms with E-state index in [1.807, 2.05) is 18.6 Å². The Hall–Kier alpha value is -3.01. The van der Waals surface area contributed by atoms with Gasteiger partial charge in [0.05, 0.1) is 12.0 Å². The molecule has 0 bridgehead atoms. The molecule has 0 aliphatic carbocycles. The summed E-state index contributed by atoms with van der Waals surface area (Å²) in [5, 5.41) is 2.47. The van der Waals surface area contributed by atoms with Gasteiger partial charge < -0.3 is 4.98 Å². The van der Waals surface area contributed by atoms with Crippen LogP contribution in [0.1, 0.15) is 24.1 Å². The summed E-state index contributed by atoms with van der Waals surface area (Å²) >= 11 is 0. The average molecular weight is 300 g/mol. The van der Waals surface area contributed by atoms with E-state index < -0.39 is 0 Å². The Morgan fingerprint density at radius 3 is 2.65 bits per heavy atom. The molecule has 112 valence electrons. The maximum atomic E-state index is 4.40. The third kappa shape index (κ3) is 2.48. The van der Waals surface area contributed by atoms with Gasteiger partial charge in [0.2, 0.25) is 0 Å². The van der Waals surface area contributed by atoms with Crippen LogP contribution in [0.3, 0.4) is 0 Å². The maximum absolute atomic E-state index is 4.40. The highest BCUT2D eigenvalue weighted by atomic mass is 14.9. The summed E-state index contributed by atoms with van der Waals surface area (Å²) in [7, 11) is 0. The van der Waals surface area contributed by atoms with Crippen LogP contribution in [0, 0.1) is 0 Å². The Morgan fingerprint density at radius 2 is 1.87 bits per heavy atom. The van der Waals surface area contributed by atoms with Crippen molar-refractivity contribution in [2.24, 2.45) is 0 Å². The first-order valence-electron chi connectivity index (χ1n) is 7.59. The van der Waals surface area contributed by atoms with Gasteiger partial charge >= 0.3 is 0 Å². The van der Waals surface area contributed by atoms with E-state index in [-0.39, 0.29) is 5.92 Å². The molecule has 0 saturated carbocycles. The van der Waals surface area contributed by atoms with E-state index in [0.29, 0.717) is 0 Å². The molecule has 4 nitrogen and oxygen atoms in total. The van der Waals surface area contributed by atoms with Crippen molar-refractivity contribution >= 4 is 10.8 Å². The number of H-pyrrole nitrogens is 1. The molecule has 0 aliphatic heterocycles. The minimum atomic E-state index is 0.229. The highest BCUT2D eigenvalue weighted by molar-refractivity contribution is 5.90. The van der Waals surface area contributed by atoms with E-state index in [2.05, 4.69) is 63.3 Å². The first-order chi connectivity index (χ1) is 11.3. The van der Waals surface area contributed by atoms with Crippen LogP contribution in [0.15, 0.2) is 67.6 Å². The molecule has 0 spiro atoms. The SMILES string of the molecule is CC(c1c[nH]cn1)c1cccc2ccc(-c3cncnc3)cc12. The standard InChI is InChI=1S/C19H16N4/c1-13(19-10-22-12-23-19)17-4-2-3-14-5-6-15(7-18(14)17)16-8-20-11-21-9-16/h2-13H,1H3,(H,22,23). The Labute approximate surface area is 134 Å². The highest BCUT2D eigenvalue weighted by Crippen LogP contribution is 2.32. The molecule has 0 amide bonds. The Bertz CT molecular complexity index is 930. The normalized spacial score (nSPS) is 12.4. The molecule has 0 saturated heterocycles. The molecule has 2 heterocycles. The number of nitrogens with zero attached hydrogens (tertiary/aromatic N) is 3. The second-order valence-corrected chi connectivity index (χ2v) is 5.63. The van der Waals surface area contributed by atoms with Crippen LogP contribution in [0.4, 0.5) is 0 Å². The van der Waals surface area contributed by atoms with Gasteiger partial charge in [-0.05, 0) is 28.0 Å². The second-order valence-electron chi connectivity index (χ2n) is 5.63. The van der Waals surface area contributed by atoms with Gasteiger partial charge in [-0.25, -0.2) is 15.0 Å². The van der Waals surface area contributed by atoms with Crippen LogP contribution in [0.25, 0.3) is 21.9 Å². The molecule has 2 aromatic heterocycles. The van der Waals surface area contributed by atoms with Crippen molar-refractivity contribution in [1.29, 1.82) is 0 Å². The van der Waals surface area contributed by atoms with Crippen molar-refractivity contribution in [3.05, 3.63) is 78.9 Å². The zero-order valence-corrected chi connectivity index (χ0v) is 12.8. The molecule has 1 unspecified atom stereocenters. The molecule has 23 heavy (non-hydrogen) atoms. The molecular formula is C19H16N4. The summed E-state index contributed by atoms with van der Waals surface area (Å²) in [4.78, 5) is 15.7. The molecule has 0 fully saturated rings. The summed E-state index contributed by atoms with van der Waals surface area (Å²) < 4.78 is 0. The van der Waals surface area contributed by atoms with Crippen molar-refractivity contribution in [3.8, 4) is 11.1 Å². The summed E-state index contributed by atoms with van der Waals surface area (Å²) in [5.41, 5.74) is 4.47. The van der Waals surface area contributed by atoms with E-state index in [4.69, 9.17) is 0 Å². The van der Waals surface area contributed by atoms with Crippen LogP contribution < -0.4 is 0 Å². The molecule has 1 N–H and O–H groups in total. The van der Waals surface area contributed by atoms with Crippen molar-refractivity contribution in [3.63, 3.8) is 0 Å². The van der Waals surface area contributed by atoms with E-state index in [1.165, 1.54) is 16.3 Å². The molecule has 1 atom stereocenters. The zero-order chi connectivity index (χ0) is 15.6. The summed E-state index contributed by atoms with van der Waals surface area (Å²) in [5.74, 6) is 0.229. The third-order valence-corrected chi connectivity index (χ3v) is 4.24. The predicted molar refractivity (Wildman–Crippen MR) is 91.1 cm³/mol. The van der Waals surface area contributed by atoms with Crippen LogP contribution in [0.5, 0.6) is 0 Å². The van der Waals surface area contributed by atoms with Crippen molar-refractivity contribution in [2.45, 2.75) is 12.8 Å². The number of aromatic amines is 1. The van der Waals surface area contributed by atoms with Gasteiger partial charge in [0, 0.05) is 30.1 Å². The largest absolute Gasteiger partial charge is 0.351 e. The number of hydrogen-bond acceptors (Lipinski definition) is 3. The molecular weight excluding hydrogens is 284 g/mol. The number of nitrogens with one attached hydrogen (secondary N) is 1. The quantitative estimate of drug-likeness (QED) is 0.617. The fourth-order valence-corrected chi connectivity index (χ4v) is 2.97. The Balaban J connectivity index is 1.88. The van der Waals surface area contributed by atoms with E-state index >= 15 is 0 Å². The minimum Gasteiger partial charge on any atom is -0.351 e. The van der Waals surface area contributed by atoms with Gasteiger partial charge in [-0.15, -0.1) is 0 Å². The van der Waals surface area contributed by atoms with E-state index in [9.17, 15) is 0 Å². The van der Waals surface area contributed by atoms with Gasteiger partial charge in [0.15, 0.2) is 0 Å². The summed E-state index contributed by atoms with van der Waals surface area (Å²) in [6.07, 6.45) is 8.92. The maximum Gasteiger partial charge on any atom is 0.115 e. The van der Waals surface area contributed by atoms with Crippen LogP contribution >= 0.6 is 0 Å². The number of hydrogen-bond donors (Lipinski definition) is 1. The lowest BCUT2D eigenvalue weighted by molar-refractivity contribution is 0.892. The van der Waals surface area contributed by atoms with Gasteiger partial charge in [-0.2, -0.15) is 0 Å². The first-order valence-corrected chi connectivity index (χ1v) is 7.59. The van der Waals surface area contributed by atoms with Crippen molar-refractivity contribution in [1.82, 2.24) is 19.9 Å². The van der Waals surface area contributed by atoms with Crippen molar-refractivity contribution < 1.29 is 0 Å². The lowest BCUT2D eigenvalue weighted by Gasteiger charge is -2.14. The predicted octanol–water partition coefficient (Wildman–Crippen LogP) is 4.17. The summed E-state index contributed by atoms with van der Waals surface area (Å²) in [6, 6.07) is 12.9. The average Bonchev–Trinajstić information content (AvgIpc) is 3.15. The Kier molecular flexibility index (Phi) is 3.35. The van der Waals surface area contributed by atoms with Crippen molar-refractivity contribution in [2.75, 3.05) is 0 Å². The van der Waals surface area contributed by atoms with Crippen LogP contribution in [-0.2, 0) is 0 Å². The molecule has 4 aromatic rings. The molecule has 4 rings (SSSR count). The molecule has 2 aromatic carbocycles. The Morgan fingerprint density at radius 1 is 1.00 bits per heavy atom. The van der Waals surface area contributed by atoms with Gasteiger partial charge in [0.1, 0.15) is 6.33 Å². The molecule has 4 heteroatoms. The van der Waals surface area contributed by atoms with Gasteiger partial charge in [0.25, 0.3) is 0 Å². The lowest BCUT2D eigenvalue weighted by atomic mass is 9.91. The second kappa shape index (κ2) is 5.65. The third-order valence-electron chi connectivity index (χ3n) is 4.24. The fourth-order valence-electron chi connectivity index (χ4n) is 2.97. The first kappa shape index (κ1) is 13.6. The molecule has 0 radical (unpaired) electrons. The topological polar surface area (TPSA) is 54.5 Å². The number of rotatable bonds is 3. The van der Waals surface area contributed by atoms with Gasteiger partial charge in [-0.3, -0.25) is 0 Å². The lowest BCUT2D eigenvalue weighted by Crippen LogP contribution is -1.97. The van der Waals surface area contributed by atoms with Crippen LogP contribution in [-0.4, -0.2) is 19.9 Å². The molecule has 0 aliphatic rings. The number of aromatic nitrogens is 4. The number of fused-ring (bicyclic) bond motifs is 1. The monoisotopic (exact) mass is 300 g/mol. The zero-order valence-electron chi connectivity index (χ0n) is 12.8. The number of imidazole rings is 1. The van der Waals surface area contributed by atoms with E-state index in [0.717, 1.165) is 16.8 Å². The fraction of sp³-hybridized carbons (Fsp3) is 0.105. The minimum absolute atomic E-state index is 0.229.